The maximum absolute atomic E-state index is 12.8. The third kappa shape index (κ3) is 10.8. The van der Waals surface area contributed by atoms with Gasteiger partial charge in [-0.15, -0.1) is 0 Å². The Morgan fingerprint density at radius 2 is 1.05 bits per heavy atom. The molecule has 0 fully saturated rings. The quantitative estimate of drug-likeness (QED) is 0.0929. The van der Waals surface area contributed by atoms with E-state index in [0.29, 0.717) is 45.4 Å². The number of nitrogens with two attached hydrogens (primary N) is 1. The first-order chi connectivity index (χ1) is 28.4. The van der Waals surface area contributed by atoms with Crippen LogP contribution in [0.3, 0.4) is 0 Å². The van der Waals surface area contributed by atoms with Crippen molar-refractivity contribution in [3.05, 3.63) is 165 Å². The summed E-state index contributed by atoms with van der Waals surface area (Å²) in [6.07, 6.45) is 4.70. The molecule has 2 aliphatic carbocycles. The highest BCUT2D eigenvalue weighted by atomic mass is 35.5. The van der Waals surface area contributed by atoms with Crippen molar-refractivity contribution in [2.75, 3.05) is 21.7 Å². The molecule has 8 rings (SSSR count). The maximum Gasteiger partial charge on any atom is 0.256 e. The predicted octanol–water partition coefficient (Wildman–Crippen LogP) is 12.8. The standard InChI is InChI=1S/C24H21ClN2O2.C13H15ClN2O.C11H7ClO/c1-15-21(10-5-11-23(15)28)27-22-13-12-17(14-20(22)25)26-24(29)19-9-4-7-16-6-2-3-8-18(16)19;1-8-11(3-2-4-13(8)17)16-12-6-5-9(15)7-10(12)14;12-11(13)10-7-3-5-8-4-1-2-6-9(8)10/h2-4,6-9,12-14,27H,5,10-11H2,1H3,(H,26,29);5-7,16H,2-4,15H2,1H3;1-7H. The Labute approximate surface area is 358 Å². The van der Waals surface area contributed by atoms with E-state index in [-0.39, 0.29) is 17.5 Å². The second kappa shape index (κ2) is 19.7. The normalized spacial score (nSPS) is 13.9. The summed E-state index contributed by atoms with van der Waals surface area (Å²) >= 11 is 18.0. The average Bonchev–Trinajstić information content (AvgIpc) is 3.23. The van der Waals surface area contributed by atoms with Gasteiger partial charge in [0.15, 0.2) is 11.6 Å². The fourth-order valence-corrected chi connectivity index (χ4v) is 7.55. The molecule has 6 aromatic rings. The zero-order valence-corrected chi connectivity index (χ0v) is 34.9. The van der Waals surface area contributed by atoms with Crippen LogP contribution in [-0.2, 0) is 9.59 Å². The van der Waals surface area contributed by atoms with Crippen LogP contribution < -0.4 is 21.7 Å². The minimum atomic E-state index is -0.406. The van der Waals surface area contributed by atoms with Gasteiger partial charge in [0.1, 0.15) is 0 Å². The number of anilines is 4. The molecule has 11 heteroatoms. The van der Waals surface area contributed by atoms with Gasteiger partial charge in [-0.1, -0.05) is 96.0 Å². The topological polar surface area (TPSA) is 130 Å². The molecule has 0 spiro atoms. The minimum Gasteiger partial charge on any atom is -0.399 e. The number of benzene rings is 6. The monoisotopic (exact) mass is 844 g/mol. The molecule has 0 unspecified atom stereocenters. The number of ketones is 2. The van der Waals surface area contributed by atoms with Crippen molar-refractivity contribution in [2.45, 2.75) is 52.4 Å². The molecule has 0 radical (unpaired) electrons. The lowest BCUT2D eigenvalue weighted by Gasteiger charge is -2.19. The van der Waals surface area contributed by atoms with E-state index < -0.39 is 5.24 Å². The van der Waals surface area contributed by atoms with Gasteiger partial charge in [0.2, 0.25) is 0 Å². The van der Waals surface area contributed by atoms with Gasteiger partial charge < -0.3 is 21.7 Å². The van der Waals surface area contributed by atoms with E-state index in [4.69, 9.17) is 40.5 Å². The van der Waals surface area contributed by atoms with E-state index in [1.807, 2.05) is 105 Å². The van der Waals surface area contributed by atoms with Gasteiger partial charge in [0.05, 0.1) is 21.4 Å². The number of carbonyl (C=O) groups is 4. The maximum atomic E-state index is 12.8. The molecule has 2 aliphatic rings. The number of halogens is 3. The van der Waals surface area contributed by atoms with Crippen LogP contribution >= 0.6 is 34.8 Å². The lowest BCUT2D eigenvalue weighted by Crippen LogP contribution is -2.15. The molecule has 0 aliphatic heterocycles. The first-order valence-corrected chi connectivity index (χ1v) is 20.3. The highest BCUT2D eigenvalue weighted by molar-refractivity contribution is 6.68. The van der Waals surface area contributed by atoms with Crippen LogP contribution in [0.4, 0.5) is 22.7 Å². The Morgan fingerprint density at radius 1 is 0.576 bits per heavy atom. The summed E-state index contributed by atoms with van der Waals surface area (Å²) in [5, 5.41) is 13.9. The molecule has 6 aromatic carbocycles. The molecule has 1 amide bonds. The number of hydrogen-bond donors (Lipinski definition) is 4. The number of nitrogen functional groups attached to an aromatic ring is 1. The number of Topliss-reactive ketones (excluding diaryl/α,β-unsaturated/α-hetero) is 2. The summed E-state index contributed by atoms with van der Waals surface area (Å²) < 4.78 is 0. The number of rotatable bonds is 7. The minimum absolute atomic E-state index is 0.175. The lowest BCUT2D eigenvalue weighted by molar-refractivity contribution is -0.116. The van der Waals surface area contributed by atoms with Gasteiger partial charge in [0.25, 0.3) is 11.1 Å². The fourth-order valence-electron chi connectivity index (χ4n) is 6.92. The molecule has 59 heavy (non-hydrogen) atoms. The van der Waals surface area contributed by atoms with Crippen LogP contribution in [0, 0.1) is 0 Å². The molecule has 8 nitrogen and oxygen atoms in total. The Hall–Kier alpha value is -5.93. The molecule has 300 valence electrons. The molecule has 0 bridgehead atoms. The van der Waals surface area contributed by atoms with Crippen molar-refractivity contribution in [3.8, 4) is 0 Å². The van der Waals surface area contributed by atoms with Crippen LogP contribution in [0.15, 0.2) is 144 Å². The summed E-state index contributed by atoms with van der Waals surface area (Å²) in [7, 11) is 0. The summed E-state index contributed by atoms with van der Waals surface area (Å²) in [6.45, 7) is 3.70. The SMILES string of the molecule is CC1=C(Nc2ccc(N)cc2Cl)CCCC1=O.CC1=C(Nc2ccc(NC(=O)c3cccc4ccccc34)cc2Cl)CCCC1=O.O=C(Cl)c1cccc2ccccc12. The summed E-state index contributed by atoms with van der Waals surface area (Å²) in [5.41, 5.74) is 13.0. The summed E-state index contributed by atoms with van der Waals surface area (Å²) in [5.74, 6) is 0.203. The van der Waals surface area contributed by atoms with Crippen molar-refractivity contribution in [1.29, 1.82) is 0 Å². The van der Waals surface area contributed by atoms with Gasteiger partial charge in [-0.25, -0.2) is 0 Å². The third-order valence-electron chi connectivity index (χ3n) is 10.2. The first kappa shape index (κ1) is 42.7. The zero-order chi connectivity index (χ0) is 42.1. The average molecular weight is 846 g/mol. The highest BCUT2D eigenvalue weighted by Gasteiger charge is 2.19. The Balaban J connectivity index is 0.000000165. The number of fused-ring (bicyclic) bond motifs is 2. The summed E-state index contributed by atoms with van der Waals surface area (Å²) in [6, 6.07) is 37.3. The van der Waals surface area contributed by atoms with Crippen LogP contribution in [0.2, 0.25) is 10.0 Å². The van der Waals surface area contributed by atoms with E-state index in [0.717, 1.165) is 81.1 Å². The molecule has 0 heterocycles. The van der Waals surface area contributed by atoms with E-state index in [1.165, 1.54) is 0 Å². The number of nitrogens with one attached hydrogen (secondary N) is 3. The molecule has 0 aromatic heterocycles. The second-order valence-corrected chi connectivity index (χ2v) is 15.4. The lowest BCUT2D eigenvalue weighted by atomic mass is 9.96. The van der Waals surface area contributed by atoms with Crippen molar-refractivity contribution in [3.63, 3.8) is 0 Å². The van der Waals surface area contributed by atoms with Crippen LogP contribution in [-0.4, -0.2) is 22.7 Å². The van der Waals surface area contributed by atoms with Gasteiger partial charge in [-0.3, -0.25) is 19.2 Å². The van der Waals surface area contributed by atoms with Crippen molar-refractivity contribution in [1.82, 2.24) is 0 Å². The van der Waals surface area contributed by atoms with Crippen LogP contribution in [0.1, 0.15) is 73.1 Å². The molecule has 0 saturated carbocycles. The molecular weight excluding hydrogens is 803 g/mol. The molecule has 0 saturated heterocycles. The smallest absolute Gasteiger partial charge is 0.256 e. The second-order valence-electron chi connectivity index (χ2n) is 14.2. The van der Waals surface area contributed by atoms with Gasteiger partial charge in [-0.2, -0.15) is 0 Å². The highest BCUT2D eigenvalue weighted by Crippen LogP contribution is 2.32. The largest absolute Gasteiger partial charge is 0.399 e. The van der Waals surface area contributed by atoms with Crippen LogP contribution in [0.25, 0.3) is 21.5 Å². The Kier molecular flexibility index (Phi) is 14.2. The van der Waals surface area contributed by atoms with E-state index in [1.54, 1.807) is 30.3 Å². The number of hydrogen-bond acceptors (Lipinski definition) is 7. The molecule has 0 atom stereocenters. The number of carbonyl (C=O) groups excluding carboxylic acids is 4. The van der Waals surface area contributed by atoms with Crippen molar-refractivity contribution in [2.24, 2.45) is 0 Å². The Bertz CT molecular complexity index is 2640. The van der Waals surface area contributed by atoms with Gasteiger partial charge in [0, 0.05) is 57.9 Å². The predicted molar refractivity (Wildman–Crippen MR) is 244 cm³/mol. The van der Waals surface area contributed by atoms with E-state index >= 15 is 0 Å². The Morgan fingerprint density at radius 3 is 1.58 bits per heavy atom. The fraction of sp³-hybridized carbons (Fsp3) is 0.167. The van der Waals surface area contributed by atoms with Crippen LogP contribution in [0.5, 0.6) is 0 Å². The van der Waals surface area contributed by atoms with Crippen molar-refractivity contribution >= 4 is 102 Å². The van der Waals surface area contributed by atoms with Gasteiger partial charge in [-0.05, 0) is 121 Å². The number of allylic oxidation sites excluding steroid dienone is 4. The molecular formula is C48H43Cl3N4O4. The zero-order valence-electron chi connectivity index (χ0n) is 32.6. The van der Waals surface area contributed by atoms with Crippen molar-refractivity contribution < 1.29 is 19.2 Å². The number of amides is 1. The first-order valence-electron chi connectivity index (χ1n) is 19.2. The van der Waals surface area contributed by atoms with E-state index in [9.17, 15) is 19.2 Å². The van der Waals surface area contributed by atoms with E-state index in [2.05, 4.69) is 16.0 Å². The molecule has 5 N–H and O–H groups in total. The summed E-state index contributed by atoms with van der Waals surface area (Å²) in [4.78, 5) is 47.3. The third-order valence-corrected chi connectivity index (χ3v) is 11.1. The van der Waals surface area contributed by atoms with Gasteiger partial charge >= 0.3 is 0 Å².